The summed E-state index contributed by atoms with van der Waals surface area (Å²) >= 11 is 3.93. The molecule has 0 saturated carbocycles. The molecule has 3 N–H and O–H groups in total. The van der Waals surface area contributed by atoms with E-state index >= 15 is 0 Å². The molecule has 0 radical (unpaired) electrons. The van der Waals surface area contributed by atoms with Crippen molar-refractivity contribution in [3.63, 3.8) is 0 Å². The second kappa shape index (κ2) is 14.8. The minimum absolute atomic E-state index is 0.0469. The Morgan fingerprint density at radius 2 is 2.19 bits per heavy atom. The molecule has 43 heavy (non-hydrogen) atoms. The number of hydrogen-bond acceptors (Lipinski definition) is 14. The number of oxime groups is 1. The molecule has 0 bridgehead atoms. The number of fused-ring (bicyclic) bond motifs is 1. The Kier molecular flexibility index (Phi) is 11.0. The number of amides is 2. The SMILES string of the molecule is C=CCON=C(C(=O)NC1C(=O)N2C(C(=O)OC(C)OC(C)=O)=C(CS/C=C\c3cccnc3)CS[C@@H]12)c1csc(N)n1. The molecule has 0 aromatic carbocycles. The first kappa shape index (κ1) is 31.8. The summed E-state index contributed by atoms with van der Waals surface area (Å²) in [5.41, 5.74) is 7.36. The zero-order chi connectivity index (χ0) is 30.9. The molecule has 2 aliphatic rings. The third kappa shape index (κ3) is 8.03. The summed E-state index contributed by atoms with van der Waals surface area (Å²) in [6.45, 7) is 6.19. The van der Waals surface area contributed by atoms with Gasteiger partial charge in [-0.15, -0.1) is 34.9 Å². The molecule has 4 rings (SSSR count). The van der Waals surface area contributed by atoms with E-state index in [0.717, 1.165) is 16.9 Å². The van der Waals surface area contributed by atoms with Gasteiger partial charge in [0.2, 0.25) is 6.29 Å². The van der Waals surface area contributed by atoms with Gasteiger partial charge in [0.25, 0.3) is 11.8 Å². The van der Waals surface area contributed by atoms with Crippen LogP contribution in [-0.4, -0.2) is 80.2 Å². The lowest BCUT2D eigenvalue weighted by Crippen LogP contribution is -2.71. The summed E-state index contributed by atoms with van der Waals surface area (Å²) in [5.74, 6) is -1.90. The van der Waals surface area contributed by atoms with E-state index in [1.807, 2.05) is 23.6 Å². The maximum atomic E-state index is 13.4. The third-order valence-corrected chi connectivity index (χ3v) is 8.62. The van der Waals surface area contributed by atoms with Gasteiger partial charge in [-0.1, -0.05) is 23.9 Å². The number of thioether (sulfide) groups is 2. The standard InChI is InChI=1S/C27H28N6O7S3/c1-4-9-38-32-20(19-14-43-27(28)30-19)23(35)31-21-24(36)33-22(26(37)40-16(3)39-15(2)34)18(13-42-25(21)33)12-41-10-7-17-6-5-8-29-11-17/h4-8,10-11,14,16,21,25H,1,9,12-13H2,2-3H3,(H2,28,30)(H,31,35)/b10-7-,32-20?/t16?,21?,25-/m0/s1. The molecule has 2 aromatic heterocycles. The highest BCUT2D eigenvalue weighted by atomic mass is 32.2. The van der Waals surface area contributed by atoms with Crippen molar-refractivity contribution in [1.29, 1.82) is 0 Å². The lowest BCUT2D eigenvalue weighted by atomic mass is 10.0. The van der Waals surface area contributed by atoms with E-state index in [4.69, 9.17) is 20.0 Å². The van der Waals surface area contributed by atoms with E-state index in [9.17, 15) is 19.2 Å². The summed E-state index contributed by atoms with van der Waals surface area (Å²) in [7, 11) is 0. The van der Waals surface area contributed by atoms with Gasteiger partial charge in [-0.2, -0.15) is 0 Å². The first-order valence-electron chi connectivity index (χ1n) is 12.8. The Morgan fingerprint density at radius 1 is 1.37 bits per heavy atom. The van der Waals surface area contributed by atoms with Gasteiger partial charge in [0, 0.05) is 43.1 Å². The number of aromatic nitrogens is 2. The molecule has 2 unspecified atom stereocenters. The van der Waals surface area contributed by atoms with Crippen molar-refractivity contribution in [2.45, 2.75) is 31.6 Å². The van der Waals surface area contributed by atoms with Crippen LogP contribution in [0.15, 0.2) is 64.4 Å². The summed E-state index contributed by atoms with van der Waals surface area (Å²) in [6, 6.07) is 2.76. The number of nitrogens with zero attached hydrogens (tertiary/aromatic N) is 4. The molecular formula is C27H28N6O7S3. The highest BCUT2D eigenvalue weighted by molar-refractivity contribution is 8.02. The molecule has 0 aliphatic carbocycles. The van der Waals surface area contributed by atoms with Crippen LogP contribution < -0.4 is 11.1 Å². The number of nitrogens with one attached hydrogen (secondary N) is 1. The number of nitrogen functional groups attached to an aromatic ring is 1. The molecule has 226 valence electrons. The Balaban J connectivity index is 1.52. The second-order valence-corrected chi connectivity index (χ2v) is 11.8. The van der Waals surface area contributed by atoms with Crippen molar-refractivity contribution in [2.75, 3.05) is 23.8 Å². The number of ether oxygens (including phenoxy) is 2. The van der Waals surface area contributed by atoms with E-state index in [2.05, 4.69) is 27.0 Å². The van der Waals surface area contributed by atoms with E-state index in [0.29, 0.717) is 17.1 Å². The minimum atomic E-state index is -1.17. The second-order valence-electron chi connectivity index (χ2n) is 8.89. The number of nitrogens with two attached hydrogens (primary N) is 1. The predicted octanol–water partition coefficient (Wildman–Crippen LogP) is 2.54. The zero-order valence-corrected chi connectivity index (χ0v) is 25.6. The fourth-order valence-corrected chi connectivity index (χ4v) is 6.77. The molecule has 1 fully saturated rings. The number of rotatable bonds is 13. The Bertz CT molecular complexity index is 1480. The average molecular weight is 645 g/mol. The van der Waals surface area contributed by atoms with Crippen molar-refractivity contribution >= 4 is 75.5 Å². The quantitative estimate of drug-likeness (QED) is 0.0621. The lowest BCUT2D eigenvalue weighted by Gasteiger charge is -2.49. The highest BCUT2D eigenvalue weighted by Gasteiger charge is 2.54. The fourth-order valence-electron chi connectivity index (χ4n) is 3.96. The van der Waals surface area contributed by atoms with Crippen molar-refractivity contribution in [3.05, 3.63) is 70.5 Å². The first-order valence-corrected chi connectivity index (χ1v) is 15.7. The van der Waals surface area contributed by atoms with Crippen LogP contribution >= 0.6 is 34.9 Å². The first-order chi connectivity index (χ1) is 20.7. The van der Waals surface area contributed by atoms with Gasteiger partial charge in [0.05, 0.1) is 0 Å². The largest absolute Gasteiger partial charge is 0.426 e. The molecular weight excluding hydrogens is 617 g/mol. The maximum Gasteiger partial charge on any atom is 0.358 e. The molecule has 1 saturated heterocycles. The Morgan fingerprint density at radius 3 is 2.86 bits per heavy atom. The third-order valence-electron chi connectivity index (χ3n) is 5.76. The Labute approximate surface area is 259 Å². The predicted molar refractivity (Wildman–Crippen MR) is 164 cm³/mol. The van der Waals surface area contributed by atoms with E-state index in [1.54, 1.807) is 17.8 Å². The number of carbonyl (C=O) groups is 4. The van der Waals surface area contributed by atoms with Gasteiger partial charge in [0.15, 0.2) is 10.8 Å². The van der Waals surface area contributed by atoms with Gasteiger partial charge in [-0.25, -0.2) is 9.78 Å². The van der Waals surface area contributed by atoms with Crippen LogP contribution in [0, 0.1) is 0 Å². The topological polar surface area (TPSA) is 175 Å². The highest BCUT2D eigenvalue weighted by Crippen LogP contribution is 2.41. The number of carbonyl (C=O) groups excluding carboxylic acids is 4. The summed E-state index contributed by atoms with van der Waals surface area (Å²) in [6.07, 6.45) is 5.57. The fraction of sp³-hybridized carbons (Fsp3) is 0.296. The number of thiazole rings is 1. The van der Waals surface area contributed by atoms with Crippen molar-refractivity contribution in [2.24, 2.45) is 5.16 Å². The lowest BCUT2D eigenvalue weighted by molar-refractivity contribution is -0.182. The minimum Gasteiger partial charge on any atom is -0.426 e. The molecule has 13 nitrogen and oxygen atoms in total. The van der Waals surface area contributed by atoms with Crippen molar-refractivity contribution in [1.82, 2.24) is 20.2 Å². The summed E-state index contributed by atoms with van der Waals surface area (Å²) in [4.78, 5) is 65.9. The molecule has 2 aliphatic heterocycles. The number of pyridine rings is 1. The van der Waals surface area contributed by atoms with Crippen LogP contribution in [0.5, 0.6) is 0 Å². The smallest absolute Gasteiger partial charge is 0.358 e. The van der Waals surface area contributed by atoms with Gasteiger partial charge in [-0.05, 0) is 28.7 Å². The zero-order valence-electron chi connectivity index (χ0n) is 23.1. The van der Waals surface area contributed by atoms with E-state index in [1.165, 1.54) is 48.3 Å². The number of hydrogen-bond donors (Lipinski definition) is 2. The van der Waals surface area contributed by atoms with Crippen molar-refractivity contribution < 1.29 is 33.5 Å². The van der Waals surface area contributed by atoms with Gasteiger partial charge < -0.3 is 25.4 Å². The van der Waals surface area contributed by atoms with Crippen molar-refractivity contribution in [3.8, 4) is 0 Å². The van der Waals surface area contributed by atoms with Crippen LogP contribution in [-0.2, 0) is 33.5 Å². The molecule has 2 aromatic rings. The van der Waals surface area contributed by atoms with Crippen LogP contribution in [0.4, 0.5) is 5.13 Å². The summed E-state index contributed by atoms with van der Waals surface area (Å²) < 4.78 is 10.3. The molecule has 16 heteroatoms. The monoisotopic (exact) mass is 644 g/mol. The number of β-lactam (4-membered cyclic amide) rings is 1. The number of anilines is 1. The maximum absolute atomic E-state index is 13.4. The number of esters is 2. The van der Waals surface area contributed by atoms with Crippen LogP contribution in [0.1, 0.15) is 25.1 Å². The van der Waals surface area contributed by atoms with Crippen LogP contribution in [0.2, 0.25) is 0 Å². The van der Waals surface area contributed by atoms with E-state index in [-0.39, 0.29) is 28.8 Å². The molecule has 3 atom stereocenters. The van der Waals surface area contributed by atoms with Gasteiger partial charge >= 0.3 is 11.9 Å². The molecule has 4 heterocycles. The summed E-state index contributed by atoms with van der Waals surface area (Å²) in [5, 5.41) is 9.59. The Hall–Kier alpha value is -4.15. The van der Waals surface area contributed by atoms with E-state index < -0.39 is 41.5 Å². The van der Waals surface area contributed by atoms with Crippen LogP contribution in [0.3, 0.4) is 0 Å². The van der Waals surface area contributed by atoms with Gasteiger partial charge in [-0.3, -0.25) is 24.3 Å². The average Bonchev–Trinajstić information content (AvgIpc) is 3.41. The van der Waals surface area contributed by atoms with Crippen LogP contribution in [0.25, 0.3) is 6.08 Å². The molecule has 2 amide bonds. The normalized spacial score (nSPS) is 18.9. The molecule has 0 spiro atoms. The van der Waals surface area contributed by atoms with Gasteiger partial charge in [0.1, 0.15) is 29.4 Å².